The Labute approximate surface area is 144 Å². The van der Waals surface area contributed by atoms with Crippen molar-refractivity contribution in [1.82, 2.24) is 19.8 Å². The topological polar surface area (TPSA) is 44.3 Å². The van der Waals surface area contributed by atoms with E-state index in [-0.39, 0.29) is 0 Å². The van der Waals surface area contributed by atoms with E-state index < -0.39 is 11.9 Å². The van der Waals surface area contributed by atoms with Crippen molar-refractivity contribution in [3.63, 3.8) is 0 Å². The van der Waals surface area contributed by atoms with E-state index in [9.17, 15) is 13.2 Å². The van der Waals surface area contributed by atoms with Crippen LogP contribution in [0, 0.1) is 0 Å². The van der Waals surface area contributed by atoms with Gasteiger partial charge in [-0.25, -0.2) is 9.97 Å². The van der Waals surface area contributed by atoms with Gasteiger partial charge in [0.05, 0.1) is 5.52 Å². The molecule has 0 bridgehead atoms. The van der Waals surface area contributed by atoms with Crippen LogP contribution in [0.15, 0.2) is 24.4 Å². The number of hydrogen-bond donors (Lipinski definition) is 1. The smallest absolute Gasteiger partial charge is 0.368 e. The number of alkyl halides is 3. The third-order valence-electron chi connectivity index (χ3n) is 4.54. The monoisotopic (exact) mass is 353 g/mol. The first-order valence-corrected chi connectivity index (χ1v) is 8.49. The molecular formula is C17H22F3N5. The lowest BCUT2D eigenvalue weighted by Gasteiger charge is -2.34. The van der Waals surface area contributed by atoms with E-state index in [4.69, 9.17) is 0 Å². The minimum atomic E-state index is -4.44. The third kappa shape index (κ3) is 4.38. The van der Waals surface area contributed by atoms with E-state index in [1.165, 1.54) is 18.3 Å². The molecule has 0 unspecified atom stereocenters. The van der Waals surface area contributed by atoms with Gasteiger partial charge in [0.1, 0.15) is 11.5 Å². The molecule has 1 fully saturated rings. The van der Waals surface area contributed by atoms with E-state index in [1.807, 2.05) is 0 Å². The van der Waals surface area contributed by atoms with Crippen LogP contribution in [0.1, 0.15) is 12.6 Å². The van der Waals surface area contributed by atoms with Crippen LogP contribution in [-0.4, -0.2) is 65.6 Å². The fourth-order valence-corrected chi connectivity index (χ4v) is 3.01. The maximum absolute atomic E-state index is 12.8. The molecule has 1 saturated heterocycles. The molecule has 5 nitrogen and oxygen atoms in total. The van der Waals surface area contributed by atoms with Gasteiger partial charge in [0.2, 0.25) is 0 Å². The Hall–Kier alpha value is -1.93. The number of likely N-dealkylation sites (N-methyl/N-ethyl adjacent to an activating group) is 1. The van der Waals surface area contributed by atoms with Crippen molar-refractivity contribution in [3.05, 3.63) is 30.1 Å². The Balaban J connectivity index is 1.62. The molecule has 0 saturated carbocycles. The van der Waals surface area contributed by atoms with Gasteiger partial charge in [0.15, 0.2) is 0 Å². The highest BCUT2D eigenvalue weighted by Gasteiger charge is 2.32. The molecule has 25 heavy (non-hydrogen) atoms. The van der Waals surface area contributed by atoms with E-state index in [0.29, 0.717) is 23.3 Å². The first kappa shape index (κ1) is 17.9. The number of rotatable bonds is 5. The van der Waals surface area contributed by atoms with E-state index in [0.717, 1.165) is 45.3 Å². The molecule has 1 N–H and O–H groups in total. The minimum absolute atomic E-state index is 0.295. The van der Waals surface area contributed by atoms with Crippen LogP contribution in [0.2, 0.25) is 0 Å². The summed E-state index contributed by atoms with van der Waals surface area (Å²) in [6.07, 6.45) is -2.95. The number of anilines is 1. The standard InChI is InChI=1S/C17H22F3N5/c1-2-24-9-11-25(12-10-24)8-7-22-16-13-3-4-15(17(18,19)20)23-14(13)5-6-21-16/h3-6H,2,7-12H2,1H3,(H,21,22). The number of hydrogen-bond acceptors (Lipinski definition) is 5. The minimum Gasteiger partial charge on any atom is -0.368 e. The maximum Gasteiger partial charge on any atom is 0.433 e. The predicted octanol–water partition coefficient (Wildman–Crippen LogP) is 2.70. The predicted molar refractivity (Wildman–Crippen MR) is 91.6 cm³/mol. The van der Waals surface area contributed by atoms with Gasteiger partial charge in [-0.05, 0) is 24.7 Å². The van der Waals surface area contributed by atoms with Gasteiger partial charge in [-0.2, -0.15) is 13.2 Å². The molecule has 2 aromatic heterocycles. The van der Waals surface area contributed by atoms with Gasteiger partial charge in [0, 0.05) is 50.9 Å². The second-order valence-corrected chi connectivity index (χ2v) is 6.12. The van der Waals surface area contributed by atoms with Crippen LogP contribution < -0.4 is 5.32 Å². The zero-order valence-electron chi connectivity index (χ0n) is 14.2. The summed E-state index contributed by atoms with van der Waals surface area (Å²) in [7, 11) is 0. The molecule has 136 valence electrons. The molecule has 0 aliphatic carbocycles. The highest BCUT2D eigenvalue weighted by Crippen LogP contribution is 2.30. The SMILES string of the molecule is CCN1CCN(CCNc2nccc3nc(C(F)(F)F)ccc23)CC1. The average molecular weight is 353 g/mol. The van der Waals surface area contributed by atoms with Crippen molar-refractivity contribution in [1.29, 1.82) is 0 Å². The summed E-state index contributed by atoms with van der Waals surface area (Å²) in [4.78, 5) is 12.7. The largest absolute Gasteiger partial charge is 0.433 e. The van der Waals surface area contributed by atoms with Gasteiger partial charge in [-0.1, -0.05) is 6.92 Å². The lowest BCUT2D eigenvalue weighted by molar-refractivity contribution is -0.140. The Morgan fingerprint density at radius 3 is 2.48 bits per heavy atom. The number of pyridine rings is 2. The first-order chi connectivity index (χ1) is 12.0. The average Bonchev–Trinajstić information content (AvgIpc) is 2.61. The molecule has 3 heterocycles. The molecule has 0 radical (unpaired) electrons. The molecule has 1 aliphatic rings. The zero-order valence-corrected chi connectivity index (χ0v) is 14.2. The van der Waals surface area contributed by atoms with Gasteiger partial charge < -0.3 is 10.2 Å². The number of nitrogens with one attached hydrogen (secondary N) is 1. The molecule has 0 aromatic carbocycles. The van der Waals surface area contributed by atoms with Gasteiger partial charge >= 0.3 is 6.18 Å². The van der Waals surface area contributed by atoms with Crippen LogP contribution in [0.4, 0.5) is 19.0 Å². The third-order valence-corrected chi connectivity index (χ3v) is 4.54. The summed E-state index contributed by atoms with van der Waals surface area (Å²) in [6, 6.07) is 3.93. The van der Waals surface area contributed by atoms with Crippen LogP contribution in [-0.2, 0) is 6.18 Å². The summed E-state index contributed by atoms with van der Waals surface area (Å²) in [5, 5.41) is 3.83. The summed E-state index contributed by atoms with van der Waals surface area (Å²) in [6.45, 7) is 9.05. The van der Waals surface area contributed by atoms with Crippen LogP contribution in [0.25, 0.3) is 10.9 Å². The fourth-order valence-electron chi connectivity index (χ4n) is 3.01. The van der Waals surface area contributed by atoms with Crippen LogP contribution >= 0.6 is 0 Å². The van der Waals surface area contributed by atoms with E-state index >= 15 is 0 Å². The van der Waals surface area contributed by atoms with Crippen LogP contribution in [0.3, 0.4) is 0 Å². The first-order valence-electron chi connectivity index (χ1n) is 8.49. The van der Waals surface area contributed by atoms with Crippen LogP contribution in [0.5, 0.6) is 0 Å². The summed E-state index contributed by atoms with van der Waals surface area (Å²) >= 11 is 0. The lowest BCUT2D eigenvalue weighted by atomic mass is 10.2. The second kappa shape index (κ2) is 7.53. The van der Waals surface area contributed by atoms with Gasteiger partial charge in [-0.15, -0.1) is 0 Å². The highest BCUT2D eigenvalue weighted by molar-refractivity contribution is 5.89. The Morgan fingerprint density at radius 2 is 1.80 bits per heavy atom. The lowest BCUT2D eigenvalue weighted by Crippen LogP contribution is -2.47. The molecular weight excluding hydrogens is 331 g/mol. The zero-order chi connectivity index (χ0) is 17.9. The normalized spacial score (nSPS) is 17.1. The maximum atomic E-state index is 12.8. The van der Waals surface area contributed by atoms with Crippen molar-refractivity contribution in [2.45, 2.75) is 13.1 Å². The summed E-state index contributed by atoms with van der Waals surface area (Å²) in [5.74, 6) is 0.575. The molecule has 8 heteroatoms. The summed E-state index contributed by atoms with van der Waals surface area (Å²) < 4.78 is 38.3. The van der Waals surface area contributed by atoms with E-state index in [2.05, 4.69) is 32.0 Å². The Morgan fingerprint density at radius 1 is 1.08 bits per heavy atom. The van der Waals surface area contributed by atoms with Crippen molar-refractivity contribution >= 4 is 16.7 Å². The van der Waals surface area contributed by atoms with Crippen molar-refractivity contribution in [2.24, 2.45) is 0 Å². The highest BCUT2D eigenvalue weighted by atomic mass is 19.4. The molecule has 2 aromatic rings. The fraction of sp³-hybridized carbons (Fsp3) is 0.529. The van der Waals surface area contributed by atoms with Gasteiger partial charge in [-0.3, -0.25) is 4.90 Å². The summed E-state index contributed by atoms with van der Waals surface area (Å²) in [5.41, 5.74) is -0.588. The second-order valence-electron chi connectivity index (χ2n) is 6.12. The number of nitrogens with zero attached hydrogens (tertiary/aromatic N) is 4. The van der Waals surface area contributed by atoms with E-state index in [1.54, 1.807) is 0 Å². The Kier molecular flexibility index (Phi) is 5.39. The van der Waals surface area contributed by atoms with Crippen molar-refractivity contribution in [2.75, 3.05) is 51.1 Å². The number of halogens is 3. The Bertz CT molecular complexity index is 711. The molecule has 0 amide bonds. The number of aromatic nitrogens is 2. The quantitative estimate of drug-likeness (QED) is 0.895. The molecule has 0 atom stereocenters. The number of piperazine rings is 1. The van der Waals surface area contributed by atoms with Gasteiger partial charge in [0.25, 0.3) is 0 Å². The van der Waals surface area contributed by atoms with Crippen molar-refractivity contribution in [3.8, 4) is 0 Å². The molecule has 0 spiro atoms. The molecule has 1 aliphatic heterocycles. The van der Waals surface area contributed by atoms with Crippen molar-refractivity contribution < 1.29 is 13.2 Å². The number of fused-ring (bicyclic) bond motifs is 1. The molecule has 3 rings (SSSR count).